The van der Waals surface area contributed by atoms with Crippen LogP contribution in [0.3, 0.4) is 0 Å². The maximum atomic E-state index is 11.9. The lowest BCUT2D eigenvalue weighted by Gasteiger charge is -2.01. The Morgan fingerprint density at radius 2 is 1.91 bits per heavy atom. The van der Waals surface area contributed by atoms with Crippen molar-refractivity contribution in [2.45, 2.75) is 19.4 Å². The van der Waals surface area contributed by atoms with Crippen molar-refractivity contribution in [2.24, 2.45) is 0 Å². The highest BCUT2D eigenvalue weighted by molar-refractivity contribution is 5.78. The Bertz CT molecular complexity index is 757. The first-order chi connectivity index (χ1) is 11.3. The molecule has 0 bridgehead atoms. The predicted molar refractivity (Wildman–Crippen MR) is 83.3 cm³/mol. The van der Waals surface area contributed by atoms with E-state index >= 15 is 0 Å². The molecule has 3 aromatic rings. The monoisotopic (exact) mass is 308 g/mol. The smallest absolute Gasteiger partial charge is 0.246 e. The third kappa shape index (κ3) is 4.47. The molecule has 116 valence electrons. The number of benzene rings is 1. The Kier molecular flexibility index (Phi) is 4.73. The van der Waals surface area contributed by atoms with E-state index in [4.69, 9.17) is 4.52 Å². The van der Waals surface area contributed by atoms with Crippen LogP contribution in [0.15, 0.2) is 59.4 Å². The van der Waals surface area contributed by atoms with Gasteiger partial charge in [-0.2, -0.15) is 4.98 Å². The molecule has 6 nitrogen and oxygen atoms in total. The van der Waals surface area contributed by atoms with Crippen molar-refractivity contribution >= 4 is 5.91 Å². The first-order valence-electron chi connectivity index (χ1n) is 7.30. The minimum atomic E-state index is -0.110. The number of nitrogens with one attached hydrogen (secondary N) is 1. The molecule has 1 aromatic carbocycles. The van der Waals surface area contributed by atoms with Gasteiger partial charge in [-0.25, -0.2) is 0 Å². The van der Waals surface area contributed by atoms with E-state index in [2.05, 4.69) is 20.4 Å². The Hall–Kier alpha value is -3.02. The standard InChI is InChI=1S/C17H16N4O2/c22-16(10-14-7-4-8-18-11-14)19-12-17-20-15(21-23-17)9-13-5-2-1-3-6-13/h1-8,11H,9-10,12H2,(H,19,22). The van der Waals surface area contributed by atoms with Crippen LogP contribution in [0.4, 0.5) is 0 Å². The molecule has 0 aliphatic carbocycles. The number of aromatic nitrogens is 3. The zero-order valence-corrected chi connectivity index (χ0v) is 12.5. The summed E-state index contributed by atoms with van der Waals surface area (Å²) < 4.78 is 5.15. The van der Waals surface area contributed by atoms with E-state index in [1.54, 1.807) is 18.5 Å². The van der Waals surface area contributed by atoms with Gasteiger partial charge in [0.15, 0.2) is 5.82 Å². The van der Waals surface area contributed by atoms with Crippen molar-refractivity contribution in [1.29, 1.82) is 0 Å². The number of carbonyl (C=O) groups is 1. The lowest BCUT2D eigenvalue weighted by Crippen LogP contribution is -2.24. The summed E-state index contributed by atoms with van der Waals surface area (Å²) >= 11 is 0. The summed E-state index contributed by atoms with van der Waals surface area (Å²) in [6.45, 7) is 0.223. The zero-order valence-electron chi connectivity index (χ0n) is 12.5. The summed E-state index contributed by atoms with van der Waals surface area (Å²) in [5.74, 6) is 0.893. The summed E-state index contributed by atoms with van der Waals surface area (Å²) in [5.41, 5.74) is 1.97. The summed E-state index contributed by atoms with van der Waals surface area (Å²) in [7, 11) is 0. The first kappa shape index (κ1) is 14.9. The van der Waals surface area contributed by atoms with Crippen LogP contribution < -0.4 is 5.32 Å². The fourth-order valence-corrected chi connectivity index (χ4v) is 2.14. The molecule has 1 N–H and O–H groups in total. The topological polar surface area (TPSA) is 80.9 Å². The third-order valence-corrected chi connectivity index (χ3v) is 3.24. The number of rotatable bonds is 6. The minimum Gasteiger partial charge on any atom is -0.347 e. The second-order valence-electron chi connectivity index (χ2n) is 5.08. The number of hydrogen-bond acceptors (Lipinski definition) is 5. The van der Waals surface area contributed by atoms with Crippen molar-refractivity contribution in [3.8, 4) is 0 Å². The fraction of sp³-hybridized carbons (Fsp3) is 0.176. The summed E-state index contributed by atoms with van der Waals surface area (Å²) in [4.78, 5) is 20.1. The average molecular weight is 308 g/mol. The van der Waals surface area contributed by atoms with Crippen LogP contribution in [0, 0.1) is 0 Å². The molecule has 0 radical (unpaired) electrons. The number of hydrogen-bond donors (Lipinski definition) is 1. The molecule has 0 saturated carbocycles. The van der Waals surface area contributed by atoms with Gasteiger partial charge < -0.3 is 9.84 Å². The van der Waals surface area contributed by atoms with Crippen molar-refractivity contribution in [2.75, 3.05) is 0 Å². The highest BCUT2D eigenvalue weighted by atomic mass is 16.5. The second kappa shape index (κ2) is 7.31. The lowest BCUT2D eigenvalue weighted by atomic mass is 10.1. The maximum Gasteiger partial charge on any atom is 0.246 e. The van der Waals surface area contributed by atoms with E-state index in [1.165, 1.54) is 0 Å². The van der Waals surface area contributed by atoms with Crippen LogP contribution in [-0.4, -0.2) is 21.0 Å². The number of amides is 1. The SMILES string of the molecule is O=C(Cc1cccnc1)NCc1nc(Cc2ccccc2)no1. The van der Waals surface area contributed by atoms with Crippen LogP contribution in [0.1, 0.15) is 22.8 Å². The summed E-state index contributed by atoms with van der Waals surface area (Å²) in [6.07, 6.45) is 4.23. The van der Waals surface area contributed by atoms with E-state index in [1.807, 2.05) is 36.4 Å². The normalized spacial score (nSPS) is 10.4. The van der Waals surface area contributed by atoms with E-state index < -0.39 is 0 Å². The molecule has 0 saturated heterocycles. The molecule has 1 amide bonds. The van der Waals surface area contributed by atoms with Gasteiger partial charge >= 0.3 is 0 Å². The molecule has 2 aromatic heterocycles. The van der Waals surface area contributed by atoms with Crippen LogP contribution in [0.5, 0.6) is 0 Å². The van der Waals surface area contributed by atoms with Crippen molar-refractivity contribution < 1.29 is 9.32 Å². The number of carbonyl (C=O) groups excluding carboxylic acids is 1. The van der Waals surface area contributed by atoms with Gasteiger partial charge in [0.1, 0.15) is 0 Å². The first-order valence-corrected chi connectivity index (χ1v) is 7.30. The van der Waals surface area contributed by atoms with Crippen molar-refractivity contribution in [3.05, 3.63) is 77.7 Å². The highest BCUT2D eigenvalue weighted by Crippen LogP contribution is 2.06. The van der Waals surface area contributed by atoms with Gasteiger partial charge in [-0.3, -0.25) is 9.78 Å². The van der Waals surface area contributed by atoms with Crippen LogP contribution in [-0.2, 0) is 24.2 Å². The maximum absolute atomic E-state index is 11.9. The summed E-state index contributed by atoms with van der Waals surface area (Å²) in [6, 6.07) is 13.6. The minimum absolute atomic E-state index is 0.110. The fourth-order valence-electron chi connectivity index (χ4n) is 2.14. The van der Waals surface area contributed by atoms with Gasteiger partial charge in [-0.15, -0.1) is 0 Å². The Balaban J connectivity index is 1.50. The third-order valence-electron chi connectivity index (χ3n) is 3.24. The average Bonchev–Trinajstić information content (AvgIpc) is 3.02. The van der Waals surface area contributed by atoms with E-state index in [0.717, 1.165) is 11.1 Å². The second-order valence-corrected chi connectivity index (χ2v) is 5.08. The molecule has 23 heavy (non-hydrogen) atoms. The summed E-state index contributed by atoms with van der Waals surface area (Å²) in [5, 5.41) is 6.69. The van der Waals surface area contributed by atoms with Gasteiger partial charge in [0, 0.05) is 18.8 Å². The van der Waals surface area contributed by atoms with Gasteiger partial charge in [-0.05, 0) is 17.2 Å². The Morgan fingerprint density at radius 3 is 2.70 bits per heavy atom. The van der Waals surface area contributed by atoms with E-state index in [-0.39, 0.29) is 18.9 Å². The van der Waals surface area contributed by atoms with Gasteiger partial charge in [-0.1, -0.05) is 41.6 Å². The van der Waals surface area contributed by atoms with Crippen LogP contribution in [0.25, 0.3) is 0 Å². The molecule has 6 heteroatoms. The van der Waals surface area contributed by atoms with Crippen molar-refractivity contribution in [3.63, 3.8) is 0 Å². The van der Waals surface area contributed by atoms with Gasteiger partial charge in [0.2, 0.25) is 11.8 Å². The molecular weight excluding hydrogens is 292 g/mol. The van der Waals surface area contributed by atoms with Crippen LogP contribution >= 0.6 is 0 Å². The van der Waals surface area contributed by atoms with Gasteiger partial charge in [0.25, 0.3) is 0 Å². The molecule has 0 aliphatic rings. The molecule has 0 spiro atoms. The lowest BCUT2D eigenvalue weighted by molar-refractivity contribution is -0.120. The zero-order chi connectivity index (χ0) is 15.9. The Morgan fingerprint density at radius 1 is 1.09 bits per heavy atom. The van der Waals surface area contributed by atoms with E-state index in [0.29, 0.717) is 18.1 Å². The predicted octanol–water partition coefficient (Wildman–Crippen LogP) is 1.91. The molecule has 0 fully saturated rings. The highest BCUT2D eigenvalue weighted by Gasteiger charge is 2.09. The molecule has 0 unspecified atom stereocenters. The van der Waals surface area contributed by atoms with E-state index in [9.17, 15) is 4.79 Å². The number of pyridine rings is 1. The molecule has 2 heterocycles. The Labute approximate surface area is 133 Å². The van der Waals surface area contributed by atoms with Crippen molar-refractivity contribution in [1.82, 2.24) is 20.4 Å². The molecule has 0 aliphatic heterocycles. The molecule has 0 atom stereocenters. The molecular formula is C17H16N4O2. The largest absolute Gasteiger partial charge is 0.347 e. The van der Waals surface area contributed by atoms with Gasteiger partial charge in [0.05, 0.1) is 13.0 Å². The number of nitrogens with zero attached hydrogens (tertiary/aromatic N) is 3. The van der Waals surface area contributed by atoms with Crippen LogP contribution in [0.2, 0.25) is 0 Å². The quantitative estimate of drug-likeness (QED) is 0.752. The molecule has 3 rings (SSSR count).